The van der Waals surface area contributed by atoms with Crippen molar-refractivity contribution in [3.63, 3.8) is 0 Å². The number of para-hydroxylation sites is 1. The highest BCUT2D eigenvalue weighted by atomic mass is 35.5. The minimum atomic E-state index is -5.01. The molecule has 15 heteroatoms. The Labute approximate surface area is 291 Å². The van der Waals surface area contributed by atoms with E-state index in [1.54, 1.807) is 18.2 Å². The second kappa shape index (κ2) is 15.8. The number of cyclic esters (lactones) is 1. The number of alkyl halides is 6. The lowest BCUT2D eigenvalue weighted by Crippen LogP contribution is -2.53. The van der Waals surface area contributed by atoms with Crippen LogP contribution in [-0.4, -0.2) is 54.7 Å². The number of rotatable bonds is 8. The van der Waals surface area contributed by atoms with E-state index in [-0.39, 0.29) is 54.6 Å². The minimum absolute atomic E-state index is 0. The number of hydrogen-bond acceptors (Lipinski definition) is 4. The third-order valence-corrected chi connectivity index (χ3v) is 9.15. The number of ether oxygens (including phenoxy) is 1. The molecule has 2 fully saturated rings. The van der Waals surface area contributed by atoms with E-state index in [4.69, 9.17) is 27.9 Å². The van der Waals surface area contributed by atoms with Crippen LogP contribution in [0.2, 0.25) is 10.0 Å². The lowest BCUT2D eigenvalue weighted by atomic mass is 9.76. The van der Waals surface area contributed by atoms with Gasteiger partial charge in [-0.25, -0.2) is 4.79 Å². The Morgan fingerprint density at radius 3 is 2.04 bits per heavy atom. The maximum Gasteiger partial charge on any atom is 0.416 e. The summed E-state index contributed by atoms with van der Waals surface area (Å²) >= 11 is 12.5. The zero-order chi connectivity index (χ0) is 32.4. The predicted molar refractivity (Wildman–Crippen MR) is 175 cm³/mol. The van der Waals surface area contributed by atoms with Crippen LogP contribution in [0.4, 0.5) is 36.8 Å². The van der Waals surface area contributed by atoms with Crippen LogP contribution in [0.3, 0.4) is 0 Å². The summed E-state index contributed by atoms with van der Waals surface area (Å²) in [6.45, 7) is 1.69. The molecule has 0 spiro atoms. The van der Waals surface area contributed by atoms with Crippen molar-refractivity contribution in [2.45, 2.75) is 49.6 Å². The fourth-order valence-electron chi connectivity index (χ4n) is 5.96. The Hall–Kier alpha value is -2.57. The first-order valence-electron chi connectivity index (χ1n) is 14.4. The number of carbonyl (C=O) groups is 1. The first-order chi connectivity index (χ1) is 21.2. The number of hydrogen-bond donors (Lipinski definition) is 1. The van der Waals surface area contributed by atoms with E-state index in [1.165, 1.54) is 0 Å². The number of likely N-dealkylation sites (tertiary alicyclic amines) is 1. The molecule has 0 saturated carbocycles. The van der Waals surface area contributed by atoms with Crippen LogP contribution in [0.5, 0.6) is 0 Å². The Balaban J connectivity index is 0.00000300. The lowest BCUT2D eigenvalue weighted by Gasteiger charge is -2.44. The number of piperidine rings is 1. The van der Waals surface area contributed by atoms with Crippen LogP contribution in [0.1, 0.15) is 41.5 Å². The van der Waals surface area contributed by atoms with Gasteiger partial charge in [0.25, 0.3) is 0 Å². The third-order valence-electron chi connectivity index (χ3n) is 8.42. The first kappa shape index (κ1) is 38.9. The van der Waals surface area contributed by atoms with Crippen LogP contribution in [0.25, 0.3) is 0 Å². The number of carbonyl (C=O) groups excluding carboxylic acids is 1. The van der Waals surface area contributed by atoms with Gasteiger partial charge in [0.15, 0.2) is 0 Å². The number of anilines is 1. The first-order valence-corrected chi connectivity index (χ1v) is 15.2. The summed E-state index contributed by atoms with van der Waals surface area (Å²) in [6.07, 6.45) is -8.54. The van der Waals surface area contributed by atoms with Crippen molar-refractivity contribution < 1.29 is 35.9 Å². The third kappa shape index (κ3) is 9.75. The van der Waals surface area contributed by atoms with E-state index in [9.17, 15) is 31.1 Å². The molecule has 0 radical (unpaired) electrons. The van der Waals surface area contributed by atoms with Gasteiger partial charge in [-0.3, -0.25) is 0 Å². The quantitative estimate of drug-likeness (QED) is 0.233. The molecule has 2 saturated heterocycles. The molecule has 5 nitrogen and oxygen atoms in total. The smallest absolute Gasteiger partial charge is 0.416 e. The van der Waals surface area contributed by atoms with Gasteiger partial charge in [0, 0.05) is 43.3 Å². The molecule has 258 valence electrons. The molecule has 2 aliphatic rings. The Morgan fingerprint density at radius 1 is 0.851 bits per heavy atom. The number of halogens is 10. The number of amides is 1. The molecule has 1 unspecified atom stereocenters. The molecule has 47 heavy (non-hydrogen) atoms. The highest BCUT2D eigenvalue weighted by Crippen LogP contribution is 2.39. The normalized spacial score (nSPS) is 19.4. The molecule has 0 aliphatic carbocycles. The average Bonchev–Trinajstić information content (AvgIpc) is 2.99. The van der Waals surface area contributed by atoms with Gasteiger partial charge in [-0.15, -0.1) is 24.8 Å². The fourth-order valence-corrected chi connectivity index (χ4v) is 6.26. The lowest BCUT2D eigenvalue weighted by molar-refractivity contribution is -0.143. The summed E-state index contributed by atoms with van der Waals surface area (Å²) < 4.78 is 86.6. The van der Waals surface area contributed by atoms with Crippen LogP contribution in [-0.2, 0) is 29.0 Å². The standard InChI is InChI=1S/C32H31Cl2F6N3O2.2ClH/c33-27-7-6-22(17-28(27)34)30(10-13-42-11-8-26(9-12-42)41-25-4-2-1-3-5-25)19-43(29(44)45-20-30)18-21-14-23(31(35,36)37)16-24(15-21)32(38,39)40;;/h1-7,14-17,26,41H,8-13,18-20H2;2*1H. The number of nitrogens with zero attached hydrogens (tertiary/aromatic N) is 2. The van der Waals surface area contributed by atoms with E-state index in [0.29, 0.717) is 41.7 Å². The van der Waals surface area contributed by atoms with E-state index in [1.807, 2.05) is 30.3 Å². The van der Waals surface area contributed by atoms with Gasteiger partial charge in [0.2, 0.25) is 0 Å². The summed E-state index contributed by atoms with van der Waals surface area (Å²) in [4.78, 5) is 16.3. The predicted octanol–water partition coefficient (Wildman–Crippen LogP) is 9.73. The van der Waals surface area contributed by atoms with Gasteiger partial charge in [-0.05, 0) is 79.4 Å². The Morgan fingerprint density at radius 2 is 1.47 bits per heavy atom. The van der Waals surface area contributed by atoms with E-state index >= 15 is 0 Å². The largest absolute Gasteiger partial charge is 0.448 e. The van der Waals surface area contributed by atoms with Gasteiger partial charge in [0.05, 0.1) is 21.2 Å². The summed E-state index contributed by atoms with van der Waals surface area (Å²) in [5, 5.41) is 4.15. The van der Waals surface area contributed by atoms with E-state index < -0.39 is 41.5 Å². The molecule has 1 N–H and O–H groups in total. The molecule has 1 atom stereocenters. The molecule has 1 amide bonds. The minimum Gasteiger partial charge on any atom is -0.448 e. The monoisotopic (exact) mass is 745 g/mol. The van der Waals surface area contributed by atoms with Crippen LogP contribution >= 0.6 is 48.0 Å². The second-order valence-electron chi connectivity index (χ2n) is 11.6. The molecule has 2 aliphatic heterocycles. The van der Waals surface area contributed by atoms with Crippen molar-refractivity contribution in [2.75, 3.05) is 38.1 Å². The van der Waals surface area contributed by atoms with Crippen molar-refractivity contribution in [2.24, 2.45) is 0 Å². The second-order valence-corrected chi connectivity index (χ2v) is 12.4. The molecule has 2 heterocycles. The highest BCUT2D eigenvalue weighted by Gasteiger charge is 2.43. The molecular weight excluding hydrogens is 714 g/mol. The fraction of sp³-hybridized carbons (Fsp3) is 0.406. The SMILES string of the molecule is Cl.Cl.O=C1OCC(CCN2CCC(Nc3ccccc3)CC2)(c2ccc(Cl)c(Cl)c2)CN1Cc1cc(C(F)(F)F)cc(C(F)(F)F)c1. The van der Waals surface area contributed by atoms with Crippen molar-refractivity contribution >= 4 is 59.8 Å². The summed E-state index contributed by atoms with van der Waals surface area (Å²) in [5.74, 6) is 0. The van der Waals surface area contributed by atoms with Gasteiger partial charge in [0.1, 0.15) is 6.61 Å². The topological polar surface area (TPSA) is 44.8 Å². The summed E-state index contributed by atoms with van der Waals surface area (Å²) in [5.41, 5.74) is -2.29. The molecule has 3 aromatic carbocycles. The molecular formula is C32H33Cl4F6N3O2. The van der Waals surface area contributed by atoms with Gasteiger partial charge in [-0.1, -0.05) is 47.5 Å². The molecule has 0 aromatic heterocycles. The van der Waals surface area contributed by atoms with Gasteiger partial charge < -0.3 is 19.9 Å². The maximum atomic E-state index is 13.5. The zero-order valence-corrected chi connectivity index (χ0v) is 28.0. The zero-order valence-electron chi connectivity index (χ0n) is 24.8. The van der Waals surface area contributed by atoms with E-state index in [2.05, 4.69) is 10.2 Å². The molecule has 0 bridgehead atoms. The Bertz CT molecular complexity index is 1470. The maximum absolute atomic E-state index is 13.5. The van der Waals surface area contributed by atoms with Crippen LogP contribution < -0.4 is 5.32 Å². The van der Waals surface area contributed by atoms with Gasteiger partial charge >= 0.3 is 18.4 Å². The summed E-state index contributed by atoms with van der Waals surface area (Å²) in [7, 11) is 0. The Kier molecular flexibility index (Phi) is 13.0. The molecule has 3 aromatic rings. The van der Waals surface area contributed by atoms with Crippen molar-refractivity contribution in [1.29, 1.82) is 0 Å². The van der Waals surface area contributed by atoms with Gasteiger partial charge in [-0.2, -0.15) is 26.3 Å². The highest BCUT2D eigenvalue weighted by molar-refractivity contribution is 6.42. The van der Waals surface area contributed by atoms with Crippen molar-refractivity contribution in [1.82, 2.24) is 9.80 Å². The average molecular weight is 747 g/mol. The van der Waals surface area contributed by atoms with Crippen LogP contribution in [0, 0.1) is 0 Å². The van der Waals surface area contributed by atoms with Crippen molar-refractivity contribution in [3.8, 4) is 0 Å². The van der Waals surface area contributed by atoms with Crippen LogP contribution in [0.15, 0.2) is 66.7 Å². The van der Waals surface area contributed by atoms with Crippen molar-refractivity contribution in [3.05, 3.63) is 99.0 Å². The number of nitrogens with one attached hydrogen (secondary N) is 1. The molecule has 5 rings (SSSR count). The summed E-state index contributed by atoms with van der Waals surface area (Å²) in [6, 6.07) is 16.6. The van der Waals surface area contributed by atoms with E-state index in [0.717, 1.165) is 36.5 Å². The number of benzene rings is 3.